The van der Waals surface area contributed by atoms with Gasteiger partial charge in [0, 0.05) is 24.2 Å². The molecule has 4 aromatic carbocycles. The number of benzene rings is 4. The molecule has 2 heterocycles. The average molecular weight is 519 g/mol. The molecule has 2 fully saturated rings. The fraction of sp³-hybridized carbons (Fsp3) is 0.212. The fourth-order valence-electron chi connectivity index (χ4n) is 6.19. The first-order chi connectivity index (χ1) is 19.1. The van der Waals surface area contributed by atoms with Crippen LogP contribution in [0.25, 0.3) is 0 Å². The minimum Gasteiger partial charge on any atom is -0.497 e. The molecule has 0 bridgehead atoms. The molecule has 6 nitrogen and oxygen atoms in total. The van der Waals surface area contributed by atoms with E-state index in [1.807, 2.05) is 119 Å². The molecule has 196 valence electrons. The molecule has 0 radical (unpaired) electrons. The van der Waals surface area contributed by atoms with E-state index in [1.165, 1.54) is 0 Å². The van der Waals surface area contributed by atoms with E-state index in [-0.39, 0.29) is 11.8 Å². The van der Waals surface area contributed by atoms with Crippen LogP contribution < -0.4 is 19.3 Å². The summed E-state index contributed by atoms with van der Waals surface area (Å²) in [6.45, 7) is 0. The Bertz CT molecular complexity index is 1360. The van der Waals surface area contributed by atoms with Crippen molar-refractivity contribution in [3.63, 3.8) is 0 Å². The summed E-state index contributed by atoms with van der Waals surface area (Å²) in [6.07, 6.45) is 0.950. The van der Waals surface area contributed by atoms with E-state index in [4.69, 9.17) is 9.47 Å². The lowest BCUT2D eigenvalue weighted by Crippen LogP contribution is -2.56. The molecule has 4 aromatic rings. The molecule has 0 aliphatic carbocycles. The molecule has 0 N–H and O–H groups in total. The van der Waals surface area contributed by atoms with Crippen LogP contribution in [0.4, 0.5) is 11.4 Å². The normalized spacial score (nSPS) is 22.5. The Kier molecular flexibility index (Phi) is 6.31. The Hall–Kier alpha value is -4.58. The van der Waals surface area contributed by atoms with Crippen molar-refractivity contribution in [3.05, 3.63) is 120 Å². The number of anilines is 2. The number of carbonyl (C=O) groups excluding carboxylic acids is 2. The Labute approximate surface area is 228 Å². The zero-order valence-electron chi connectivity index (χ0n) is 22.0. The summed E-state index contributed by atoms with van der Waals surface area (Å²) in [5.41, 5.74) is 2.46. The fourth-order valence-corrected chi connectivity index (χ4v) is 6.19. The molecule has 2 amide bonds. The molecule has 2 unspecified atom stereocenters. The monoisotopic (exact) mass is 518 g/mol. The number of methoxy groups -OCH3 is 2. The van der Waals surface area contributed by atoms with E-state index < -0.39 is 17.5 Å². The highest BCUT2D eigenvalue weighted by atomic mass is 16.5. The minimum absolute atomic E-state index is 0.0219. The first kappa shape index (κ1) is 24.7. The summed E-state index contributed by atoms with van der Waals surface area (Å²) in [5, 5.41) is 0. The van der Waals surface area contributed by atoms with Crippen molar-refractivity contribution in [2.24, 2.45) is 0 Å². The van der Waals surface area contributed by atoms with Gasteiger partial charge in [-0.1, -0.05) is 60.7 Å². The number of hydrogen-bond acceptors (Lipinski definition) is 4. The van der Waals surface area contributed by atoms with Crippen molar-refractivity contribution >= 4 is 23.2 Å². The van der Waals surface area contributed by atoms with Gasteiger partial charge in [0.05, 0.1) is 26.1 Å². The van der Waals surface area contributed by atoms with Crippen LogP contribution in [-0.2, 0) is 9.59 Å². The highest BCUT2D eigenvalue weighted by Crippen LogP contribution is 2.55. The van der Waals surface area contributed by atoms with E-state index in [9.17, 15) is 9.59 Å². The maximum Gasteiger partial charge on any atom is 0.236 e. The van der Waals surface area contributed by atoms with Crippen molar-refractivity contribution < 1.29 is 19.1 Å². The Morgan fingerprint density at radius 1 is 0.564 bits per heavy atom. The van der Waals surface area contributed by atoms with Gasteiger partial charge in [0.1, 0.15) is 17.2 Å². The van der Waals surface area contributed by atoms with Crippen LogP contribution in [0.2, 0.25) is 0 Å². The number of amides is 2. The van der Waals surface area contributed by atoms with Crippen molar-refractivity contribution in [2.75, 3.05) is 24.0 Å². The third-order valence-electron chi connectivity index (χ3n) is 8.00. The lowest BCUT2D eigenvalue weighted by Gasteiger charge is -2.42. The van der Waals surface area contributed by atoms with Crippen molar-refractivity contribution in [3.8, 4) is 11.5 Å². The standard InChI is InChI=1S/C33H30N2O4/c1-38-27-17-13-25(14-18-27)34-31(36)29(23-9-5-3-6-10-23)21-33(34)22-30(24-11-7-4-8-12-24)32(37)35(33)26-15-19-28(39-2)20-16-26/h3-20,29-30H,21-22H2,1-2H3. The van der Waals surface area contributed by atoms with E-state index >= 15 is 0 Å². The molecule has 2 saturated heterocycles. The van der Waals surface area contributed by atoms with Crippen LogP contribution in [0.15, 0.2) is 109 Å². The summed E-state index contributed by atoms with van der Waals surface area (Å²) in [6, 6.07) is 34.8. The van der Waals surface area contributed by atoms with E-state index in [1.54, 1.807) is 14.2 Å². The van der Waals surface area contributed by atoms with E-state index in [2.05, 4.69) is 0 Å². The van der Waals surface area contributed by atoms with Gasteiger partial charge in [-0.05, 0) is 59.7 Å². The number of hydrogen-bond donors (Lipinski definition) is 0. The SMILES string of the molecule is COc1ccc(N2C(=O)C(c3ccccc3)CC23CC(c2ccccc2)C(=O)N3c2ccc(OC)cc2)cc1. The molecule has 2 atom stereocenters. The zero-order chi connectivity index (χ0) is 27.0. The van der Waals surface area contributed by atoms with Crippen molar-refractivity contribution in [1.82, 2.24) is 0 Å². The summed E-state index contributed by atoms with van der Waals surface area (Å²) < 4.78 is 10.8. The lowest BCUT2D eigenvalue weighted by molar-refractivity contribution is -0.118. The molecular formula is C33H30N2O4. The Morgan fingerprint density at radius 2 is 0.923 bits per heavy atom. The Balaban J connectivity index is 1.55. The molecular weight excluding hydrogens is 488 g/mol. The number of rotatable bonds is 6. The van der Waals surface area contributed by atoms with Gasteiger partial charge in [-0.25, -0.2) is 0 Å². The topological polar surface area (TPSA) is 59.1 Å². The molecule has 0 aromatic heterocycles. The smallest absolute Gasteiger partial charge is 0.236 e. The summed E-state index contributed by atoms with van der Waals surface area (Å²) in [7, 11) is 3.24. The maximum absolute atomic E-state index is 14.4. The molecule has 2 aliphatic rings. The number of ether oxygens (including phenoxy) is 2. The van der Waals surface area contributed by atoms with Crippen LogP contribution >= 0.6 is 0 Å². The third-order valence-corrected chi connectivity index (χ3v) is 8.00. The maximum atomic E-state index is 14.4. The molecule has 39 heavy (non-hydrogen) atoms. The van der Waals surface area contributed by atoms with E-state index in [0.29, 0.717) is 24.3 Å². The summed E-state index contributed by atoms with van der Waals surface area (Å²) >= 11 is 0. The predicted molar refractivity (Wildman–Crippen MR) is 151 cm³/mol. The van der Waals surface area contributed by atoms with Gasteiger partial charge in [-0.3, -0.25) is 19.4 Å². The quantitative estimate of drug-likeness (QED) is 0.308. The van der Waals surface area contributed by atoms with Crippen LogP contribution in [-0.4, -0.2) is 31.7 Å². The van der Waals surface area contributed by atoms with Gasteiger partial charge in [-0.15, -0.1) is 0 Å². The average Bonchev–Trinajstić information content (AvgIpc) is 3.45. The first-order valence-electron chi connectivity index (χ1n) is 13.1. The third kappa shape index (κ3) is 4.13. The Morgan fingerprint density at radius 3 is 1.26 bits per heavy atom. The van der Waals surface area contributed by atoms with Gasteiger partial charge in [-0.2, -0.15) is 0 Å². The largest absolute Gasteiger partial charge is 0.497 e. The van der Waals surface area contributed by atoms with E-state index in [0.717, 1.165) is 22.5 Å². The highest BCUT2D eigenvalue weighted by molar-refractivity contribution is 6.10. The molecule has 6 heteroatoms. The molecule has 6 rings (SSSR count). The summed E-state index contributed by atoms with van der Waals surface area (Å²) in [5.74, 6) is 0.581. The minimum atomic E-state index is -0.904. The molecule has 0 saturated carbocycles. The second-order valence-electron chi connectivity index (χ2n) is 10.1. The number of nitrogens with zero attached hydrogens (tertiary/aromatic N) is 2. The zero-order valence-corrected chi connectivity index (χ0v) is 22.0. The second kappa shape index (κ2) is 9.95. The molecule has 1 spiro atoms. The van der Waals surface area contributed by atoms with Gasteiger partial charge in [0.15, 0.2) is 0 Å². The second-order valence-corrected chi connectivity index (χ2v) is 10.1. The first-order valence-corrected chi connectivity index (χ1v) is 13.1. The van der Waals surface area contributed by atoms with Gasteiger partial charge in [0.2, 0.25) is 11.8 Å². The van der Waals surface area contributed by atoms with Crippen LogP contribution in [0.1, 0.15) is 35.8 Å². The van der Waals surface area contributed by atoms with Gasteiger partial charge < -0.3 is 9.47 Å². The predicted octanol–water partition coefficient (Wildman–Crippen LogP) is 6.14. The highest BCUT2D eigenvalue weighted by Gasteiger charge is 2.62. The summed E-state index contributed by atoms with van der Waals surface area (Å²) in [4.78, 5) is 32.5. The van der Waals surface area contributed by atoms with Crippen molar-refractivity contribution in [1.29, 1.82) is 0 Å². The van der Waals surface area contributed by atoms with Crippen LogP contribution in [0.5, 0.6) is 11.5 Å². The molecule has 2 aliphatic heterocycles. The van der Waals surface area contributed by atoms with Crippen LogP contribution in [0.3, 0.4) is 0 Å². The van der Waals surface area contributed by atoms with Crippen LogP contribution in [0, 0.1) is 0 Å². The lowest BCUT2D eigenvalue weighted by atomic mass is 9.88. The van der Waals surface area contributed by atoms with Gasteiger partial charge in [0.25, 0.3) is 0 Å². The number of carbonyl (C=O) groups is 2. The van der Waals surface area contributed by atoms with Gasteiger partial charge >= 0.3 is 0 Å². The van der Waals surface area contributed by atoms with Crippen molar-refractivity contribution in [2.45, 2.75) is 30.3 Å².